The number of piperidine rings is 1. The average Bonchev–Trinajstić information content (AvgIpc) is 3.13. The Labute approximate surface area is 159 Å². The Kier molecular flexibility index (Phi) is 5.81. The first-order chi connectivity index (χ1) is 12.9. The molecule has 0 aliphatic carbocycles. The SMILES string of the molecule is COc1ccccc1CNC(=O)C1CCCN(S(=O)(=O)c2cn(C)cn2)C1. The number of sulfonamides is 1. The molecule has 0 bridgehead atoms. The molecule has 9 heteroatoms. The highest BCUT2D eigenvalue weighted by molar-refractivity contribution is 7.89. The van der Waals surface area contributed by atoms with Crippen molar-refractivity contribution in [2.45, 2.75) is 24.4 Å². The number of hydrogen-bond donors (Lipinski definition) is 1. The number of aryl methyl sites for hydroxylation is 1. The summed E-state index contributed by atoms with van der Waals surface area (Å²) in [6, 6.07) is 7.47. The number of hydrogen-bond acceptors (Lipinski definition) is 5. The lowest BCUT2D eigenvalue weighted by molar-refractivity contribution is -0.126. The van der Waals surface area contributed by atoms with Crippen molar-refractivity contribution < 1.29 is 17.9 Å². The zero-order valence-electron chi connectivity index (χ0n) is 15.5. The van der Waals surface area contributed by atoms with E-state index in [1.54, 1.807) is 18.7 Å². The molecule has 146 valence electrons. The quantitative estimate of drug-likeness (QED) is 0.796. The van der Waals surface area contributed by atoms with E-state index < -0.39 is 10.0 Å². The summed E-state index contributed by atoms with van der Waals surface area (Å²) in [5, 5.41) is 2.91. The van der Waals surface area contributed by atoms with Crippen LogP contribution in [0.15, 0.2) is 41.8 Å². The fraction of sp³-hybridized carbons (Fsp3) is 0.444. The van der Waals surface area contributed by atoms with Gasteiger partial charge in [-0.2, -0.15) is 4.31 Å². The number of amides is 1. The molecule has 0 spiro atoms. The lowest BCUT2D eigenvalue weighted by Gasteiger charge is -2.30. The summed E-state index contributed by atoms with van der Waals surface area (Å²) in [5.74, 6) is 0.176. The Morgan fingerprint density at radius 2 is 2.15 bits per heavy atom. The van der Waals surface area contributed by atoms with E-state index >= 15 is 0 Å². The van der Waals surface area contributed by atoms with Gasteiger partial charge in [-0.05, 0) is 18.9 Å². The van der Waals surface area contributed by atoms with E-state index in [9.17, 15) is 13.2 Å². The first kappa shape index (κ1) is 19.4. The third kappa shape index (κ3) is 4.30. The molecule has 1 aromatic carbocycles. The molecule has 1 aliphatic heterocycles. The zero-order valence-corrected chi connectivity index (χ0v) is 16.3. The molecule has 0 radical (unpaired) electrons. The molecular formula is C18H24N4O4S. The van der Waals surface area contributed by atoms with Gasteiger partial charge in [0.15, 0.2) is 5.03 Å². The van der Waals surface area contributed by atoms with Crippen LogP contribution in [0.1, 0.15) is 18.4 Å². The van der Waals surface area contributed by atoms with Gasteiger partial charge in [0.25, 0.3) is 10.0 Å². The van der Waals surface area contributed by atoms with Gasteiger partial charge in [0, 0.05) is 38.4 Å². The molecule has 27 heavy (non-hydrogen) atoms. The van der Waals surface area contributed by atoms with Crippen LogP contribution in [0, 0.1) is 5.92 Å². The number of nitrogens with one attached hydrogen (secondary N) is 1. The lowest BCUT2D eigenvalue weighted by atomic mass is 9.98. The molecule has 1 saturated heterocycles. The van der Waals surface area contributed by atoms with E-state index in [1.165, 1.54) is 16.8 Å². The van der Waals surface area contributed by atoms with Gasteiger partial charge in [-0.15, -0.1) is 0 Å². The van der Waals surface area contributed by atoms with Gasteiger partial charge in [0.1, 0.15) is 5.75 Å². The van der Waals surface area contributed by atoms with E-state index in [1.807, 2.05) is 24.3 Å². The van der Waals surface area contributed by atoms with Gasteiger partial charge in [0.05, 0.1) is 19.4 Å². The topological polar surface area (TPSA) is 93.5 Å². The van der Waals surface area contributed by atoms with Crippen molar-refractivity contribution in [3.63, 3.8) is 0 Å². The second-order valence-corrected chi connectivity index (χ2v) is 8.49. The summed E-state index contributed by atoms with van der Waals surface area (Å²) in [6.07, 6.45) is 4.22. The minimum Gasteiger partial charge on any atom is -0.496 e. The third-order valence-electron chi connectivity index (χ3n) is 4.69. The van der Waals surface area contributed by atoms with E-state index in [4.69, 9.17) is 4.74 Å². The average molecular weight is 392 g/mol. The van der Waals surface area contributed by atoms with Crippen LogP contribution < -0.4 is 10.1 Å². The maximum atomic E-state index is 12.7. The zero-order chi connectivity index (χ0) is 19.4. The van der Waals surface area contributed by atoms with E-state index in [0.29, 0.717) is 31.7 Å². The molecule has 1 atom stereocenters. The molecule has 0 saturated carbocycles. The predicted octanol–water partition coefficient (Wildman–Crippen LogP) is 1.15. The van der Waals surface area contributed by atoms with Crippen LogP contribution in [0.2, 0.25) is 0 Å². The number of nitrogens with zero attached hydrogens (tertiary/aromatic N) is 3. The monoisotopic (exact) mass is 392 g/mol. The molecule has 3 rings (SSSR count). The van der Waals surface area contributed by atoms with Crippen LogP contribution >= 0.6 is 0 Å². The van der Waals surface area contributed by atoms with Gasteiger partial charge in [-0.3, -0.25) is 4.79 Å². The Balaban J connectivity index is 1.64. The molecular weight excluding hydrogens is 368 g/mol. The number of carbonyl (C=O) groups is 1. The standard InChI is InChI=1S/C18H24N4O4S/c1-21-12-17(20-13-21)27(24,25)22-9-5-7-15(11-22)18(23)19-10-14-6-3-4-8-16(14)26-2/h3-4,6,8,12-13,15H,5,7,9-11H2,1-2H3,(H,19,23). The fourth-order valence-electron chi connectivity index (χ4n) is 3.20. The van der Waals surface area contributed by atoms with Gasteiger partial charge in [-0.25, -0.2) is 13.4 Å². The van der Waals surface area contributed by atoms with Crippen molar-refractivity contribution in [1.82, 2.24) is 19.2 Å². The smallest absolute Gasteiger partial charge is 0.262 e. The first-order valence-electron chi connectivity index (χ1n) is 8.79. The predicted molar refractivity (Wildman–Crippen MR) is 99.5 cm³/mol. The van der Waals surface area contributed by atoms with Crippen molar-refractivity contribution >= 4 is 15.9 Å². The highest BCUT2D eigenvalue weighted by Gasteiger charge is 2.34. The van der Waals surface area contributed by atoms with Crippen molar-refractivity contribution in [3.05, 3.63) is 42.4 Å². The van der Waals surface area contributed by atoms with E-state index in [0.717, 1.165) is 5.56 Å². The number of para-hydroxylation sites is 1. The van der Waals surface area contributed by atoms with Crippen LogP contribution in [0.3, 0.4) is 0 Å². The van der Waals surface area contributed by atoms with Crippen molar-refractivity contribution in [1.29, 1.82) is 0 Å². The van der Waals surface area contributed by atoms with Gasteiger partial charge >= 0.3 is 0 Å². The highest BCUT2D eigenvalue weighted by atomic mass is 32.2. The van der Waals surface area contributed by atoms with Crippen molar-refractivity contribution in [3.8, 4) is 5.75 Å². The Bertz CT molecular complexity index is 910. The molecule has 1 aromatic heterocycles. The highest BCUT2D eigenvalue weighted by Crippen LogP contribution is 2.23. The molecule has 1 aliphatic rings. The summed E-state index contributed by atoms with van der Waals surface area (Å²) in [5.41, 5.74) is 0.877. The van der Waals surface area contributed by atoms with E-state index in [2.05, 4.69) is 10.3 Å². The molecule has 1 amide bonds. The summed E-state index contributed by atoms with van der Waals surface area (Å²) in [7, 11) is -0.380. The van der Waals surface area contributed by atoms with Gasteiger partial charge in [0.2, 0.25) is 5.91 Å². The Morgan fingerprint density at radius 3 is 2.85 bits per heavy atom. The second-order valence-electron chi connectivity index (χ2n) is 6.61. The van der Waals surface area contributed by atoms with Crippen molar-refractivity contribution in [2.24, 2.45) is 13.0 Å². The summed E-state index contributed by atoms with van der Waals surface area (Å²) in [4.78, 5) is 16.5. The van der Waals surface area contributed by atoms with Crippen LogP contribution in [-0.4, -0.2) is 48.4 Å². The number of imidazole rings is 1. The maximum Gasteiger partial charge on any atom is 0.262 e. The molecule has 1 unspecified atom stereocenters. The van der Waals surface area contributed by atoms with Gasteiger partial charge in [-0.1, -0.05) is 18.2 Å². The Morgan fingerprint density at radius 1 is 1.37 bits per heavy atom. The largest absolute Gasteiger partial charge is 0.496 e. The molecule has 1 fully saturated rings. The van der Waals surface area contributed by atoms with Gasteiger partial charge < -0.3 is 14.6 Å². The lowest BCUT2D eigenvalue weighted by Crippen LogP contribution is -2.45. The van der Waals surface area contributed by atoms with Crippen LogP contribution in [-0.2, 0) is 28.4 Å². The first-order valence-corrected chi connectivity index (χ1v) is 10.2. The summed E-state index contributed by atoms with van der Waals surface area (Å²) >= 11 is 0. The van der Waals surface area contributed by atoms with E-state index in [-0.39, 0.29) is 23.4 Å². The normalized spacial score (nSPS) is 18.2. The summed E-state index contributed by atoms with van der Waals surface area (Å²) in [6.45, 7) is 0.901. The second kappa shape index (κ2) is 8.10. The molecule has 2 aromatic rings. The fourth-order valence-corrected chi connectivity index (χ4v) is 4.69. The number of rotatable bonds is 6. The molecule has 2 heterocycles. The molecule has 8 nitrogen and oxygen atoms in total. The Hall–Kier alpha value is -2.39. The summed E-state index contributed by atoms with van der Waals surface area (Å²) < 4.78 is 33.7. The minimum atomic E-state index is -3.68. The number of aromatic nitrogens is 2. The van der Waals surface area contributed by atoms with Crippen LogP contribution in [0.25, 0.3) is 0 Å². The number of carbonyl (C=O) groups excluding carboxylic acids is 1. The number of benzene rings is 1. The van der Waals surface area contributed by atoms with Crippen molar-refractivity contribution in [2.75, 3.05) is 20.2 Å². The van der Waals surface area contributed by atoms with Crippen LogP contribution in [0.4, 0.5) is 0 Å². The number of ether oxygens (including phenoxy) is 1. The third-order valence-corrected chi connectivity index (χ3v) is 6.44. The number of methoxy groups -OCH3 is 1. The maximum absolute atomic E-state index is 12.7. The van der Waals surface area contributed by atoms with Crippen LogP contribution in [0.5, 0.6) is 5.75 Å². The minimum absolute atomic E-state index is 0.0140. The molecule has 1 N–H and O–H groups in total.